The van der Waals surface area contributed by atoms with E-state index in [-0.39, 0.29) is 26.4 Å². The lowest BCUT2D eigenvalue weighted by Gasteiger charge is -2.36. The van der Waals surface area contributed by atoms with Crippen molar-refractivity contribution in [3.63, 3.8) is 0 Å². The molecule has 0 heterocycles. The average molecular weight is 641 g/mol. The molecule has 0 bridgehead atoms. The number of ether oxygens (including phenoxy) is 2. The quantitative estimate of drug-likeness (QED) is 0.165. The van der Waals surface area contributed by atoms with E-state index < -0.39 is 5.41 Å². The summed E-state index contributed by atoms with van der Waals surface area (Å²) in [5.74, 6) is 1.45. The van der Waals surface area contributed by atoms with Gasteiger partial charge in [0.25, 0.3) is 0 Å². The Morgan fingerprint density at radius 1 is 0.510 bits per heavy atom. The fourth-order valence-corrected chi connectivity index (χ4v) is 7.36. The highest BCUT2D eigenvalue weighted by Gasteiger charge is 2.38. The molecule has 4 heteroatoms. The number of hydrogen-bond acceptors (Lipinski definition) is 4. The van der Waals surface area contributed by atoms with Gasteiger partial charge in [0.2, 0.25) is 0 Å². The molecule has 0 fully saturated rings. The molecule has 0 aromatic heterocycles. The molecule has 0 saturated carbocycles. The maximum Gasteiger partial charge on any atom is 0.127 e. The molecule has 2 N–H and O–H groups in total. The minimum atomic E-state index is -0.681. The van der Waals surface area contributed by atoms with Crippen LogP contribution in [-0.4, -0.2) is 36.6 Å². The first kappa shape index (κ1) is 30.6. The number of allylic oxidation sites excluding steroid dienone is 2. The van der Waals surface area contributed by atoms with Gasteiger partial charge < -0.3 is 19.7 Å². The summed E-state index contributed by atoms with van der Waals surface area (Å²) in [5.41, 5.74) is 10.4. The molecule has 2 aliphatic carbocycles. The summed E-state index contributed by atoms with van der Waals surface area (Å²) in [7, 11) is 0. The van der Waals surface area contributed by atoms with Crippen molar-refractivity contribution in [2.24, 2.45) is 0 Å². The summed E-state index contributed by atoms with van der Waals surface area (Å²) < 4.78 is 12.2. The third kappa shape index (κ3) is 5.45. The monoisotopic (exact) mass is 640 g/mol. The Morgan fingerprint density at radius 2 is 1.08 bits per heavy atom. The molecule has 2 aliphatic rings. The second kappa shape index (κ2) is 13.1. The van der Waals surface area contributed by atoms with Gasteiger partial charge in [-0.25, -0.2) is 0 Å². The van der Waals surface area contributed by atoms with Crippen LogP contribution in [-0.2, 0) is 5.41 Å². The van der Waals surface area contributed by atoms with Gasteiger partial charge in [-0.2, -0.15) is 0 Å². The van der Waals surface area contributed by atoms with Gasteiger partial charge in [-0.1, -0.05) is 115 Å². The zero-order valence-corrected chi connectivity index (χ0v) is 27.1. The SMILES string of the molecule is OCCOc1ccc(C2(c3ccc(OCCO)c(-c4ccccc4)c3)C=CC=c3cc4c(cc32)=Cc2ccccc2-4)cc1-c1ccccc1. The van der Waals surface area contributed by atoms with Crippen molar-refractivity contribution in [1.82, 2.24) is 0 Å². The Morgan fingerprint density at radius 3 is 1.67 bits per heavy atom. The largest absolute Gasteiger partial charge is 0.491 e. The van der Waals surface area contributed by atoms with E-state index in [4.69, 9.17) is 9.47 Å². The van der Waals surface area contributed by atoms with Crippen LogP contribution in [0.3, 0.4) is 0 Å². The average Bonchev–Trinajstić information content (AvgIpc) is 3.53. The second-order valence-corrected chi connectivity index (χ2v) is 12.4. The first-order chi connectivity index (χ1) is 24.2. The van der Waals surface area contributed by atoms with Crippen LogP contribution >= 0.6 is 0 Å². The predicted molar refractivity (Wildman–Crippen MR) is 197 cm³/mol. The smallest absolute Gasteiger partial charge is 0.127 e. The van der Waals surface area contributed by atoms with Crippen LogP contribution in [0, 0.1) is 0 Å². The second-order valence-electron chi connectivity index (χ2n) is 12.4. The van der Waals surface area contributed by atoms with Crippen molar-refractivity contribution in [2.75, 3.05) is 26.4 Å². The molecule has 240 valence electrons. The van der Waals surface area contributed by atoms with Crippen LogP contribution in [0.5, 0.6) is 11.5 Å². The zero-order valence-electron chi connectivity index (χ0n) is 27.1. The van der Waals surface area contributed by atoms with Crippen molar-refractivity contribution < 1.29 is 19.7 Å². The van der Waals surface area contributed by atoms with Crippen LogP contribution in [0.25, 0.3) is 45.5 Å². The highest BCUT2D eigenvalue weighted by atomic mass is 16.5. The van der Waals surface area contributed by atoms with Crippen molar-refractivity contribution in [1.29, 1.82) is 0 Å². The minimum Gasteiger partial charge on any atom is -0.491 e. The molecule has 0 amide bonds. The third-order valence-electron chi connectivity index (χ3n) is 9.57. The van der Waals surface area contributed by atoms with Crippen LogP contribution < -0.4 is 19.9 Å². The molecule has 6 aromatic rings. The Labute approximate surface area is 286 Å². The summed E-state index contributed by atoms with van der Waals surface area (Å²) in [6.07, 6.45) is 8.98. The van der Waals surface area contributed by atoms with Gasteiger partial charge in [0, 0.05) is 11.1 Å². The number of hydrogen-bond donors (Lipinski definition) is 2. The fourth-order valence-electron chi connectivity index (χ4n) is 7.36. The van der Waals surface area contributed by atoms with Crippen molar-refractivity contribution in [3.8, 4) is 44.9 Å². The van der Waals surface area contributed by atoms with Crippen LogP contribution in [0.1, 0.15) is 22.3 Å². The molecule has 0 saturated heterocycles. The normalized spacial score (nSPS) is 13.4. The van der Waals surface area contributed by atoms with E-state index in [1.165, 1.54) is 27.5 Å². The summed E-state index contributed by atoms with van der Waals surface area (Å²) in [6.45, 7) is 0.284. The molecule has 49 heavy (non-hydrogen) atoms. The van der Waals surface area contributed by atoms with E-state index in [9.17, 15) is 10.2 Å². The van der Waals surface area contributed by atoms with Crippen molar-refractivity contribution in [3.05, 3.63) is 178 Å². The van der Waals surface area contributed by atoms with Crippen LogP contribution in [0.2, 0.25) is 0 Å². The zero-order chi connectivity index (χ0) is 33.2. The molecule has 0 radical (unpaired) electrons. The van der Waals surface area contributed by atoms with E-state index >= 15 is 0 Å². The molecule has 0 atom stereocenters. The van der Waals surface area contributed by atoms with E-state index in [1.54, 1.807) is 0 Å². The van der Waals surface area contributed by atoms with Gasteiger partial charge in [-0.05, 0) is 97.4 Å². The number of aliphatic hydroxyl groups is 2. The summed E-state index contributed by atoms with van der Waals surface area (Å²) in [4.78, 5) is 0. The molecule has 4 nitrogen and oxygen atoms in total. The summed E-state index contributed by atoms with van der Waals surface area (Å²) in [5, 5.41) is 21.6. The Kier molecular flexibility index (Phi) is 8.18. The minimum absolute atomic E-state index is 0.0666. The van der Waals surface area contributed by atoms with E-state index in [0.29, 0.717) is 0 Å². The van der Waals surface area contributed by atoms with Gasteiger partial charge in [0.15, 0.2) is 0 Å². The molecule has 6 aromatic carbocycles. The molecule has 0 aliphatic heterocycles. The maximum atomic E-state index is 9.62. The Hall–Kier alpha value is -5.68. The van der Waals surface area contributed by atoms with Gasteiger partial charge in [0.1, 0.15) is 24.7 Å². The number of rotatable bonds is 10. The predicted octanol–water partition coefficient (Wildman–Crippen LogP) is 7.26. The number of aliphatic hydroxyl groups excluding tert-OH is 2. The molecule has 8 rings (SSSR count). The first-order valence-electron chi connectivity index (χ1n) is 16.7. The summed E-state index contributed by atoms with van der Waals surface area (Å²) in [6, 6.07) is 46.7. The Bertz CT molecular complexity index is 2210. The van der Waals surface area contributed by atoms with Crippen molar-refractivity contribution >= 4 is 12.2 Å². The lowest BCUT2D eigenvalue weighted by molar-refractivity contribution is 0.202. The van der Waals surface area contributed by atoms with Crippen molar-refractivity contribution in [2.45, 2.75) is 5.41 Å². The maximum absolute atomic E-state index is 9.62. The fraction of sp³-hybridized carbons (Fsp3) is 0.111. The molecular weight excluding hydrogens is 604 g/mol. The van der Waals surface area contributed by atoms with E-state index in [2.05, 4.69) is 109 Å². The van der Waals surface area contributed by atoms with Crippen LogP contribution in [0.15, 0.2) is 146 Å². The molecular formula is C45H36O4. The Balaban J connectivity index is 1.42. The van der Waals surface area contributed by atoms with E-state index in [1.807, 2.05) is 48.5 Å². The standard InChI is InChI=1S/C45H36O4/c46-22-24-48-43-19-17-36(29-40(43)31-10-3-1-4-11-31)45(37-18-20-44(49-25-23-47)41(30-37)32-12-5-2-6-13-32)21-9-15-34-27-39-35(28-42(34)45)26-33-14-7-8-16-38(33)39/h1-21,26-30,46-47H,22-25H2. The molecule has 0 unspecified atom stereocenters. The van der Waals surface area contributed by atoms with Gasteiger partial charge in [0.05, 0.1) is 18.6 Å². The van der Waals surface area contributed by atoms with Gasteiger partial charge in [-0.15, -0.1) is 0 Å². The lowest BCUT2D eigenvalue weighted by atomic mass is 9.66. The summed E-state index contributed by atoms with van der Waals surface area (Å²) >= 11 is 0. The number of fused-ring (bicyclic) bond motifs is 4. The van der Waals surface area contributed by atoms with Gasteiger partial charge >= 0.3 is 0 Å². The highest BCUT2D eigenvalue weighted by molar-refractivity contribution is 5.84. The first-order valence-corrected chi connectivity index (χ1v) is 16.7. The van der Waals surface area contributed by atoms with Crippen LogP contribution in [0.4, 0.5) is 0 Å². The third-order valence-corrected chi connectivity index (χ3v) is 9.57. The topological polar surface area (TPSA) is 58.9 Å². The molecule has 0 spiro atoms. The highest BCUT2D eigenvalue weighted by Crippen LogP contribution is 2.46. The van der Waals surface area contributed by atoms with Gasteiger partial charge in [-0.3, -0.25) is 0 Å². The van der Waals surface area contributed by atoms with E-state index in [0.717, 1.165) is 50.1 Å². The lowest BCUT2D eigenvalue weighted by Crippen LogP contribution is -2.36. The number of benzene rings is 6.